The van der Waals surface area contributed by atoms with E-state index in [1.807, 2.05) is 53.2 Å². The number of aromatic nitrogens is 2. The van der Waals surface area contributed by atoms with Gasteiger partial charge in [-0.05, 0) is 46.9 Å². The molecule has 0 aliphatic carbocycles. The number of halogens is 3. The molecule has 170 valence electrons. The number of anilines is 1. The van der Waals surface area contributed by atoms with Crippen molar-refractivity contribution in [2.45, 2.75) is 12.6 Å². The molecule has 0 radical (unpaired) electrons. The quantitative estimate of drug-likeness (QED) is 0.388. The molecule has 4 aromatic rings. The van der Waals surface area contributed by atoms with Crippen molar-refractivity contribution in [3.63, 3.8) is 0 Å². The van der Waals surface area contributed by atoms with Gasteiger partial charge in [-0.15, -0.1) is 0 Å². The van der Waals surface area contributed by atoms with Gasteiger partial charge in [0.15, 0.2) is 0 Å². The fraction of sp³-hybridized carbons (Fsp3) is 0.167. The number of carbonyl (C=O) groups is 1. The first-order valence-corrected chi connectivity index (χ1v) is 10.2. The second-order valence-corrected chi connectivity index (χ2v) is 7.44. The summed E-state index contributed by atoms with van der Waals surface area (Å²) in [5, 5.41) is 13.5. The number of urea groups is 1. The zero-order valence-electron chi connectivity index (χ0n) is 17.4. The highest BCUT2D eigenvalue weighted by Crippen LogP contribution is 2.36. The monoisotopic (exact) mass is 454 g/mol. The first-order valence-electron chi connectivity index (χ1n) is 10.2. The molecule has 0 saturated heterocycles. The Morgan fingerprint density at radius 1 is 1.03 bits per heavy atom. The van der Waals surface area contributed by atoms with Crippen LogP contribution in [0.5, 0.6) is 0 Å². The van der Waals surface area contributed by atoms with Gasteiger partial charge in [-0.3, -0.25) is 0 Å². The number of fused-ring (bicyclic) bond motifs is 1. The molecule has 33 heavy (non-hydrogen) atoms. The molecule has 0 atom stereocenters. The van der Waals surface area contributed by atoms with Crippen LogP contribution in [0.15, 0.2) is 73.2 Å². The van der Waals surface area contributed by atoms with Crippen LogP contribution in [-0.4, -0.2) is 39.9 Å². The highest BCUT2D eigenvalue weighted by Gasteiger charge is 2.27. The van der Waals surface area contributed by atoms with E-state index < -0.39 is 18.8 Å². The number of hydrogen-bond donors (Lipinski definition) is 3. The van der Waals surface area contributed by atoms with Crippen molar-refractivity contribution >= 4 is 17.4 Å². The van der Waals surface area contributed by atoms with E-state index in [0.717, 1.165) is 27.8 Å². The molecule has 2 aromatic carbocycles. The largest absolute Gasteiger partial charge is 0.405 e. The summed E-state index contributed by atoms with van der Waals surface area (Å²) in [6.45, 7) is -1.38. The van der Waals surface area contributed by atoms with Gasteiger partial charge in [-0.25, -0.2) is 9.78 Å². The molecule has 2 aromatic heterocycles. The van der Waals surface area contributed by atoms with Crippen LogP contribution in [0.4, 0.5) is 23.7 Å². The highest BCUT2D eigenvalue weighted by atomic mass is 19.4. The molecule has 2 amide bonds. The van der Waals surface area contributed by atoms with Gasteiger partial charge >= 0.3 is 12.2 Å². The van der Waals surface area contributed by atoms with Crippen molar-refractivity contribution in [3.05, 3.63) is 78.8 Å². The van der Waals surface area contributed by atoms with Gasteiger partial charge in [0.05, 0.1) is 0 Å². The standard InChI is InChI=1S/C24H21F3N4O2/c25-24(26,27)15-29-23(33)30-19-6-2-5-18(14-19)21-20(7-10-31-11-9-28-22(21)31)17-4-1-3-16(13-17)8-12-32/h1-7,9-11,13-14,32H,8,12,15H2,(H2,29,30,33). The number of aliphatic hydroxyl groups excluding tert-OH is 1. The molecule has 0 saturated carbocycles. The summed E-state index contributed by atoms with van der Waals surface area (Å²) in [5.41, 5.74) is 5.40. The van der Waals surface area contributed by atoms with Crippen LogP contribution in [0.25, 0.3) is 27.9 Å². The molecule has 0 fully saturated rings. The maximum Gasteiger partial charge on any atom is 0.405 e. The van der Waals surface area contributed by atoms with Gasteiger partial charge in [-0.2, -0.15) is 13.2 Å². The second-order valence-electron chi connectivity index (χ2n) is 7.44. The maximum atomic E-state index is 12.4. The van der Waals surface area contributed by atoms with Crippen LogP contribution >= 0.6 is 0 Å². The van der Waals surface area contributed by atoms with E-state index in [0.29, 0.717) is 17.8 Å². The van der Waals surface area contributed by atoms with Crippen molar-refractivity contribution in [1.82, 2.24) is 14.7 Å². The van der Waals surface area contributed by atoms with Gasteiger partial charge in [0.2, 0.25) is 0 Å². The van der Waals surface area contributed by atoms with Crippen molar-refractivity contribution in [2.75, 3.05) is 18.5 Å². The number of carbonyl (C=O) groups excluding carboxylic acids is 1. The molecular formula is C24H21F3N4O2. The number of amides is 2. The van der Waals surface area contributed by atoms with E-state index >= 15 is 0 Å². The lowest BCUT2D eigenvalue weighted by molar-refractivity contribution is -0.122. The van der Waals surface area contributed by atoms with E-state index in [1.165, 1.54) is 0 Å². The Labute approximate surface area is 187 Å². The first kappa shape index (κ1) is 22.3. The molecule has 4 rings (SSSR count). The average molecular weight is 454 g/mol. The lowest BCUT2D eigenvalue weighted by Crippen LogP contribution is -2.36. The summed E-state index contributed by atoms with van der Waals surface area (Å²) in [5.74, 6) is 0. The molecule has 9 heteroatoms. The van der Waals surface area contributed by atoms with Crippen molar-refractivity contribution in [1.29, 1.82) is 0 Å². The molecule has 0 aliphatic heterocycles. The third-order valence-corrected chi connectivity index (χ3v) is 5.06. The lowest BCUT2D eigenvalue weighted by Gasteiger charge is -2.15. The molecule has 6 nitrogen and oxygen atoms in total. The fourth-order valence-electron chi connectivity index (χ4n) is 3.64. The number of nitrogens with one attached hydrogen (secondary N) is 2. The summed E-state index contributed by atoms with van der Waals surface area (Å²) < 4.78 is 39.0. The zero-order chi connectivity index (χ0) is 23.4. The Bertz CT molecular complexity index is 1280. The number of alkyl halides is 3. The lowest BCUT2D eigenvalue weighted by atomic mass is 9.94. The van der Waals surface area contributed by atoms with E-state index in [9.17, 15) is 23.1 Å². The van der Waals surface area contributed by atoms with Gasteiger partial charge in [0.1, 0.15) is 12.2 Å². The molecule has 3 N–H and O–H groups in total. The molecular weight excluding hydrogens is 433 g/mol. The molecule has 0 unspecified atom stereocenters. The summed E-state index contributed by atoms with van der Waals surface area (Å²) in [6, 6.07) is 15.7. The number of rotatable bonds is 6. The Morgan fingerprint density at radius 3 is 2.61 bits per heavy atom. The smallest absolute Gasteiger partial charge is 0.396 e. The Hall–Kier alpha value is -3.85. The Morgan fingerprint density at radius 2 is 1.82 bits per heavy atom. The van der Waals surface area contributed by atoms with Gasteiger partial charge in [0, 0.05) is 36.4 Å². The Balaban J connectivity index is 1.73. The third kappa shape index (κ3) is 5.32. The summed E-state index contributed by atoms with van der Waals surface area (Å²) in [4.78, 5) is 16.4. The van der Waals surface area contributed by atoms with Crippen LogP contribution in [0.3, 0.4) is 0 Å². The summed E-state index contributed by atoms with van der Waals surface area (Å²) >= 11 is 0. The highest BCUT2D eigenvalue weighted by molar-refractivity contribution is 5.95. The fourth-order valence-corrected chi connectivity index (χ4v) is 3.64. The van der Waals surface area contributed by atoms with Gasteiger partial charge in [0.25, 0.3) is 0 Å². The number of benzene rings is 2. The van der Waals surface area contributed by atoms with Crippen LogP contribution in [0, 0.1) is 0 Å². The predicted molar refractivity (Wildman–Crippen MR) is 120 cm³/mol. The van der Waals surface area contributed by atoms with E-state index in [2.05, 4.69) is 10.3 Å². The summed E-state index contributed by atoms with van der Waals surface area (Å²) in [6.07, 6.45) is 1.43. The number of aliphatic hydroxyl groups is 1. The van der Waals surface area contributed by atoms with E-state index in [-0.39, 0.29) is 6.61 Å². The third-order valence-electron chi connectivity index (χ3n) is 5.06. The minimum absolute atomic E-state index is 0.0414. The van der Waals surface area contributed by atoms with Crippen molar-refractivity contribution in [3.8, 4) is 22.3 Å². The predicted octanol–water partition coefficient (Wildman–Crippen LogP) is 4.89. The molecule has 0 spiro atoms. The zero-order valence-corrected chi connectivity index (χ0v) is 17.4. The number of hydrogen-bond acceptors (Lipinski definition) is 3. The second kappa shape index (κ2) is 9.33. The molecule has 2 heterocycles. The van der Waals surface area contributed by atoms with Gasteiger partial charge in [-0.1, -0.05) is 36.4 Å². The van der Waals surface area contributed by atoms with Crippen LogP contribution < -0.4 is 10.6 Å². The minimum atomic E-state index is -4.49. The minimum Gasteiger partial charge on any atom is -0.396 e. The summed E-state index contributed by atoms with van der Waals surface area (Å²) in [7, 11) is 0. The van der Waals surface area contributed by atoms with Crippen LogP contribution in [0.1, 0.15) is 5.56 Å². The Kier molecular flexibility index (Phi) is 6.32. The maximum absolute atomic E-state index is 12.4. The van der Waals surface area contributed by atoms with Crippen LogP contribution in [0.2, 0.25) is 0 Å². The first-order chi connectivity index (χ1) is 15.8. The number of pyridine rings is 1. The number of imidazole rings is 1. The average Bonchev–Trinajstić information content (AvgIpc) is 3.26. The number of nitrogens with zero attached hydrogens (tertiary/aromatic N) is 2. The van der Waals surface area contributed by atoms with Crippen molar-refractivity contribution in [2.24, 2.45) is 0 Å². The van der Waals surface area contributed by atoms with E-state index in [1.54, 1.807) is 29.7 Å². The van der Waals surface area contributed by atoms with E-state index in [4.69, 9.17) is 0 Å². The molecule has 0 aliphatic rings. The SMILES string of the molecule is O=C(NCC(F)(F)F)Nc1cccc(-c2c(-c3cccc(CCO)c3)ccn3ccnc23)c1. The molecule has 0 bridgehead atoms. The van der Waals surface area contributed by atoms with Crippen LogP contribution in [-0.2, 0) is 6.42 Å². The topological polar surface area (TPSA) is 78.7 Å². The normalized spacial score (nSPS) is 11.5. The van der Waals surface area contributed by atoms with Gasteiger partial charge < -0.3 is 20.1 Å². The van der Waals surface area contributed by atoms with Crippen molar-refractivity contribution < 1.29 is 23.1 Å².